The minimum absolute atomic E-state index is 0.341. The highest BCUT2D eigenvalue weighted by Gasteiger charge is 2.35. The standard InChI is InChI=1S/C15H17N3S2/c1-17-15(10-16)8-4-5-11(9-15)19-14-18-12-6-2-3-7-13(12)20-14/h2-3,6-7,11,17H,4-5,8-9H2,1H3. The molecule has 20 heavy (non-hydrogen) atoms. The van der Waals surface area contributed by atoms with E-state index in [1.807, 2.05) is 24.9 Å². The fraction of sp³-hybridized carbons (Fsp3) is 0.467. The number of thiazole rings is 1. The van der Waals surface area contributed by atoms with Gasteiger partial charge in [-0.1, -0.05) is 23.9 Å². The molecule has 0 spiro atoms. The predicted octanol–water partition coefficient (Wildman–Crippen LogP) is 3.81. The summed E-state index contributed by atoms with van der Waals surface area (Å²) in [6.07, 6.45) is 4.14. The highest BCUT2D eigenvalue weighted by Crippen LogP contribution is 2.40. The number of hydrogen-bond acceptors (Lipinski definition) is 5. The second-order valence-electron chi connectivity index (χ2n) is 5.23. The number of thioether (sulfide) groups is 1. The lowest BCUT2D eigenvalue weighted by Gasteiger charge is -2.34. The third-order valence-corrected chi connectivity index (χ3v) is 6.34. The summed E-state index contributed by atoms with van der Waals surface area (Å²) in [5.41, 5.74) is 0.739. The summed E-state index contributed by atoms with van der Waals surface area (Å²) in [4.78, 5) is 4.68. The molecule has 0 bridgehead atoms. The van der Waals surface area contributed by atoms with Crippen LogP contribution in [0.2, 0.25) is 0 Å². The van der Waals surface area contributed by atoms with Crippen molar-refractivity contribution >= 4 is 33.3 Å². The second kappa shape index (κ2) is 5.72. The van der Waals surface area contributed by atoms with Crippen molar-refractivity contribution in [3.05, 3.63) is 24.3 Å². The van der Waals surface area contributed by atoms with Crippen LogP contribution in [0.3, 0.4) is 0 Å². The first-order valence-corrected chi connectivity index (χ1v) is 8.57. The molecule has 1 fully saturated rings. The number of rotatable bonds is 3. The first-order valence-electron chi connectivity index (χ1n) is 6.87. The average Bonchev–Trinajstić information content (AvgIpc) is 2.89. The number of nitriles is 1. The molecule has 5 heteroatoms. The fourth-order valence-corrected chi connectivity index (χ4v) is 5.41. The maximum atomic E-state index is 9.40. The zero-order valence-electron chi connectivity index (χ0n) is 11.4. The van der Waals surface area contributed by atoms with Gasteiger partial charge in [-0.25, -0.2) is 4.98 Å². The summed E-state index contributed by atoms with van der Waals surface area (Å²) in [5, 5.41) is 13.1. The van der Waals surface area contributed by atoms with E-state index in [-0.39, 0.29) is 5.54 Å². The minimum Gasteiger partial charge on any atom is -0.302 e. The number of para-hydroxylation sites is 1. The number of nitrogens with zero attached hydrogens (tertiary/aromatic N) is 2. The summed E-state index contributed by atoms with van der Waals surface area (Å²) >= 11 is 3.59. The normalized spacial score (nSPS) is 26.5. The summed E-state index contributed by atoms with van der Waals surface area (Å²) in [6, 6.07) is 10.7. The Bertz CT molecular complexity index is 613. The molecule has 1 aliphatic rings. The van der Waals surface area contributed by atoms with E-state index in [4.69, 9.17) is 0 Å². The zero-order chi connectivity index (χ0) is 14.0. The zero-order valence-corrected chi connectivity index (χ0v) is 13.1. The van der Waals surface area contributed by atoms with Crippen molar-refractivity contribution in [3.63, 3.8) is 0 Å². The minimum atomic E-state index is -0.341. The molecule has 2 atom stereocenters. The Hall–Kier alpha value is -1.09. The largest absolute Gasteiger partial charge is 0.302 e. The van der Waals surface area contributed by atoms with Crippen molar-refractivity contribution < 1.29 is 0 Å². The van der Waals surface area contributed by atoms with Crippen LogP contribution >= 0.6 is 23.1 Å². The van der Waals surface area contributed by atoms with Crippen molar-refractivity contribution in [1.82, 2.24) is 10.3 Å². The van der Waals surface area contributed by atoms with Crippen molar-refractivity contribution in [1.29, 1.82) is 5.26 Å². The molecule has 2 aromatic rings. The second-order valence-corrected chi connectivity index (χ2v) is 7.81. The predicted molar refractivity (Wildman–Crippen MR) is 85.1 cm³/mol. The van der Waals surface area contributed by atoms with Crippen LogP contribution < -0.4 is 5.32 Å². The van der Waals surface area contributed by atoms with Gasteiger partial charge >= 0.3 is 0 Å². The lowest BCUT2D eigenvalue weighted by molar-refractivity contribution is 0.323. The van der Waals surface area contributed by atoms with E-state index in [1.54, 1.807) is 11.3 Å². The molecule has 1 saturated carbocycles. The maximum Gasteiger partial charge on any atom is 0.151 e. The van der Waals surface area contributed by atoms with Crippen LogP contribution in [0.15, 0.2) is 28.6 Å². The molecule has 3 rings (SSSR count). The molecule has 0 saturated heterocycles. The number of nitrogens with one attached hydrogen (secondary N) is 1. The molecule has 2 unspecified atom stereocenters. The van der Waals surface area contributed by atoms with Gasteiger partial charge in [0.2, 0.25) is 0 Å². The molecule has 1 N–H and O–H groups in total. The van der Waals surface area contributed by atoms with Crippen molar-refractivity contribution in [2.75, 3.05) is 7.05 Å². The quantitative estimate of drug-likeness (QED) is 0.936. The molecular formula is C15H17N3S2. The monoisotopic (exact) mass is 303 g/mol. The average molecular weight is 303 g/mol. The molecule has 3 nitrogen and oxygen atoms in total. The summed E-state index contributed by atoms with van der Waals surface area (Å²) in [5.74, 6) is 0. The first-order chi connectivity index (χ1) is 9.74. The molecular weight excluding hydrogens is 286 g/mol. The molecule has 0 aliphatic heterocycles. The summed E-state index contributed by atoms with van der Waals surface area (Å²) in [7, 11) is 1.90. The van der Waals surface area contributed by atoms with Gasteiger partial charge in [-0.3, -0.25) is 0 Å². The third-order valence-electron chi connectivity index (χ3n) is 3.94. The maximum absolute atomic E-state index is 9.40. The molecule has 1 aliphatic carbocycles. The number of aromatic nitrogens is 1. The molecule has 1 aromatic carbocycles. The highest BCUT2D eigenvalue weighted by molar-refractivity contribution is 8.01. The van der Waals surface area contributed by atoms with E-state index >= 15 is 0 Å². The van der Waals surface area contributed by atoms with Crippen LogP contribution in [-0.4, -0.2) is 22.8 Å². The van der Waals surface area contributed by atoms with Crippen LogP contribution in [0.1, 0.15) is 25.7 Å². The van der Waals surface area contributed by atoms with E-state index in [1.165, 1.54) is 11.1 Å². The van der Waals surface area contributed by atoms with Crippen LogP contribution in [0, 0.1) is 11.3 Å². The lowest BCUT2D eigenvalue weighted by Crippen LogP contribution is -2.46. The van der Waals surface area contributed by atoms with Crippen LogP contribution in [-0.2, 0) is 0 Å². The Kier molecular flexibility index (Phi) is 3.97. The van der Waals surface area contributed by atoms with Crippen molar-refractivity contribution in [2.24, 2.45) is 0 Å². The fourth-order valence-electron chi connectivity index (χ4n) is 2.75. The van der Waals surface area contributed by atoms with E-state index in [9.17, 15) is 5.26 Å². The molecule has 0 amide bonds. The van der Waals surface area contributed by atoms with Crippen LogP contribution in [0.25, 0.3) is 10.2 Å². The van der Waals surface area contributed by atoms with Gasteiger partial charge in [0.05, 0.1) is 16.3 Å². The summed E-state index contributed by atoms with van der Waals surface area (Å²) in [6.45, 7) is 0. The molecule has 1 heterocycles. The number of hydrogen-bond donors (Lipinski definition) is 1. The van der Waals surface area contributed by atoms with E-state index in [0.717, 1.165) is 29.1 Å². The van der Waals surface area contributed by atoms with Crippen molar-refractivity contribution in [2.45, 2.75) is 40.8 Å². The Morgan fingerprint density at radius 1 is 1.50 bits per heavy atom. The van der Waals surface area contributed by atoms with Gasteiger partial charge in [0.1, 0.15) is 5.54 Å². The third kappa shape index (κ3) is 2.69. The van der Waals surface area contributed by atoms with Gasteiger partial charge in [0.25, 0.3) is 0 Å². The number of fused-ring (bicyclic) bond motifs is 1. The van der Waals surface area contributed by atoms with E-state index in [0.29, 0.717) is 5.25 Å². The Balaban J connectivity index is 1.75. The van der Waals surface area contributed by atoms with Crippen molar-refractivity contribution in [3.8, 4) is 6.07 Å². The molecule has 1 aromatic heterocycles. The molecule has 0 radical (unpaired) electrons. The van der Waals surface area contributed by atoms with Gasteiger partial charge in [-0.05, 0) is 44.9 Å². The number of benzene rings is 1. The van der Waals surface area contributed by atoms with Gasteiger partial charge in [-0.15, -0.1) is 11.3 Å². The smallest absolute Gasteiger partial charge is 0.151 e. The Morgan fingerprint density at radius 3 is 3.10 bits per heavy atom. The SMILES string of the molecule is CNC1(C#N)CCCC(Sc2nc3ccccc3s2)C1. The van der Waals surface area contributed by atoms with Gasteiger partial charge in [0.15, 0.2) is 4.34 Å². The Morgan fingerprint density at radius 2 is 2.35 bits per heavy atom. The van der Waals surface area contributed by atoms with E-state index < -0.39 is 0 Å². The highest BCUT2D eigenvalue weighted by atomic mass is 32.2. The van der Waals surface area contributed by atoms with Crippen LogP contribution in [0.4, 0.5) is 0 Å². The molecule has 104 valence electrons. The first kappa shape index (κ1) is 13.9. The van der Waals surface area contributed by atoms with Crippen LogP contribution in [0.5, 0.6) is 0 Å². The summed E-state index contributed by atoms with van der Waals surface area (Å²) < 4.78 is 2.37. The Labute approximate surface area is 127 Å². The van der Waals surface area contributed by atoms with Gasteiger partial charge in [0, 0.05) is 5.25 Å². The van der Waals surface area contributed by atoms with Gasteiger partial charge < -0.3 is 5.32 Å². The van der Waals surface area contributed by atoms with Gasteiger partial charge in [-0.2, -0.15) is 5.26 Å². The van der Waals surface area contributed by atoms with E-state index in [2.05, 4.69) is 34.6 Å². The lowest BCUT2D eigenvalue weighted by atomic mass is 9.83. The topological polar surface area (TPSA) is 48.7 Å².